The molecule has 98 valence electrons. The van der Waals surface area contributed by atoms with Crippen LogP contribution in [0.4, 0.5) is 5.69 Å². The van der Waals surface area contributed by atoms with Gasteiger partial charge in [0.2, 0.25) is 5.91 Å². The lowest BCUT2D eigenvalue weighted by Gasteiger charge is -2.14. The first-order valence-electron chi connectivity index (χ1n) is 5.73. The third kappa shape index (κ3) is 4.50. The summed E-state index contributed by atoms with van der Waals surface area (Å²) in [5.74, 6) is -0.0696. The number of hydrogen-bond donors (Lipinski definition) is 2. The summed E-state index contributed by atoms with van der Waals surface area (Å²) in [5.41, 5.74) is 0.940. The lowest BCUT2D eigenvalue weighted by molar-refractivity contribution is -0.384. The number of benzene rings is 1. The van der Waals surface area contributed by atoms with E-state index in [4.69, 9.17) is 0 Å². The SMILES string of the molecule is CC(=O)NCCNC(C)c1cccc([N+](=O)[O-])c1. The summed E-state index contributed by atoms with van der Waals surface area (Å²) < 4.78 is 0. The van der Waals surface area contributed by atoms with Gasteiger partial charge in [-0.15, -0.1) is 0 Å². The van der Waals surface area contributed by atoms with E-state index in [0.29, 0.717) is 13.1 Å². The van der Waals surface area contributed by atoms with Crippen molar-refractivity contribution in [1.29, 1.82) is 0 Å². The Hall–Kier alpha value is -1.95. The van der Waals surface area contributed by atoms with Crippen LogP contribution in [0.5, 0.6) is 0 Å². The Morgan fingerprint density at radius 1 is 1.44 bits per heavy atom. The molecular formula is C12H17N3O3. The maximum absolute atomic E-state index is 10.7. The van der Waals surface area contributed by atoms with E-state index in [1.807, 2.05) is 13.0 Å². The van der Waals surface area contributed by atoms with Crippen LogP contribution in [0.2, 0.25) is 0 Å². The van der Waals surface area contributed by atoms with Crippen molar-refractivity contribution in [3.63, 3.8) is 0 Å². The Morgan fingerprint density at radius 3 is 2.78 bits per heavy atom. The molecule has 1 rings (SSSR count). The Morgan fingerprint density at radius 2 is 2.17 bits per heavy atom. The number of carbonyl (C=O) groups is 1. The minimum absolute atomic E-state index is 0.00124. The van der Waals surface area contributed by atoms with Crippen LogP contribution in [0.25, 0.3) is 0 Å². The van der Waals surface area contributed by atoms with Gasteiger partial charge in [0.1, 0.15) is 0 Å². The molecule has 0 heterocycles. The molecule has 2 N–H and O–H groups in total. The second-order valence-corrected chi connectivity index (χ2v) is 4.01. The van der Waals surface area contributed by atoms with Crippen molar-refractivity contribution in [2.75, 3.05) is 13.1 Å². The van der Waals surface area contributed by atoms with Crippen molar-refractivity contribution in [2.24, 2.45) is 0 Å². The van der Waals surface area contributed by atoms with Gasteiger partial charge in [-0.3, -0.25) is 14.9 Å². The van der Waals surface area contributed by atoms with E-state index in [1.165, 1.54) is 13.0 Å². The van der Waals surface area contributed by atoms with Crippen LogP contribution in [-0.2, 0) is 4.79 Å². The number of carbonyl (C=O) groups excluding carboxylic acids is 1. The van der Waals surface area contributed by atoms with Gasteiger partial charge < -0.3 is 10.6 Å². The number of hydrogen-bond acceptors (Lipinski definition) is 4. The Labute approximate surface area is 106 Å². The summed E-state index contributed by atoms with van der Waals surface area (Å²) in [6.45, 7) is 4.54. The van der Waals surface area contributed by atoms with Crippen LogP contribution in [0, 0.1) is 10.1 Å². The Kier molecular flexibility index (Phi) is 5.26. The molecule has 0 spiro atoms. The number of nitrogens with zero attached hydrogens (tertiary/aromatic N) is 1. The van der Waals surface area contributed by atoms with Crippen molar-refractivity contribution < 1.29 is 9.72 Å². The molecule has 1 atom stereocenters. The number of nitrogens with one attached hydrogen (secondary N) is 2. The fourth-order valence-electron chi connectivity index (χ4n) is 1.55. The van der Waals surface area contributed by atoms with E-state index < -0.39 is 4.92 Å². The smallest absolute Gasteiger partial charge is 0.269 e. The second kappa shape index (κ2) is 6.70. The number of non-ortho nitro benzene ring substituents is 1. The van der Waals surface area contributed by atoms with Gasteiger partial charge in [-0.2, -0.15) is 0 Å². The number of rotatable bonds is 6. The van der Waals surface area contributed by atoms with Crippen LogP contribution < -0.4 is 10.6 Å². The first-order valence-corrected chi connectivity index (χ1v) is 5.73. The first kappa shape index (κ1) is 14.1. The van der Waals surface area contributed by atoms with Crippen molar-refractivity contribution >= 4 is 11.6 Å². The summed E-state index contributed by atoms with van der Waals surface area (Å²) in [6.07, 6.45) is 0. The molecule has 6 nitrogen and oxygen atoms in total. The lowest BCUT2D eigenvalue weighted by Crippen LogP contribution is -2.31. The quantitative estimate of drug-likeness (QED) is 0.454. The zero-order valence-electron chi connectivity index (χ0n) is 10.5. The highest BCUT2D eigenvalue weighted by molar-refractivity contribution is 5.72. The molecule has 0 aliphatic carbocycles. The van der Waals surface area contributed by atoms with E-state index in [1.54, 1.807) is 12.1 Å². The van der Waals surface area contributed by atoms with Crippen LogP contribution in [0.3, 0.4) is 0 Å². The van der Waals surface area contributed by atoms with Crippen LogP contribution in [-0.4, -0.2) is 23.9 Å². The zero-order chi connectivity index (χ0) is 13.5. The summed E-state index contributed by atoms with van der Waals surface area (Å²) in [5, 5.41) is 16.5. The molecule has 6 heteroatoms. The standard InChI is InChI=1S/C12H17N3O3/c1-9(13-6-7-14-10(2)16)11-4-3-5-12(8-11)15(17)18/h3-5,8-9,13H,6-7H2,1-2H3,(H,14,16). The number of amides is 1. The second-order valence-electron chi connectivity index (χ2n) is 4.01. The van der Waals surface area contributed by atoms with E-state index in [0.717, 1.165) is 5.56 Å². The van der Waals surface area contributed by atoms with Crippen molar-refractivity contribution in [3.05, 3.63) is 39.9 Å². The highest BCUT2D eigenvalue weighted by Gasteiger charge is 2.10. The molecule has 0 fully saturated rings. The largest absolute Gasteiger partial charge is 0.355 e. The molecule has 1 unspecified atom stereocenters. The lowest BCUT2D eigenvalue weighted by atomic mass is 10.1. The summed E-state index contributed by atoms with van der Waals surface area (Å²) >= 11 is 0. The number of nitro groups is 1. The molecule has 1 aromatic carbocycles. The Balaban J connectivity index is 2.50. The van der Waals surface area contributed by atoms with E-state index in [-0.39, 0.29) is 17.6 Å². The molecule has 18 heavy (non-hydrogen) atoms. The van der Waals surface area contributed by atoms with Gasteiger partial charge in [-0.05, 0) is 12.5 Å². The average molecular weight is 251 g/mol. The monoisotopic (exact) mass is 251 g/mol. The fraction of sp³-hybridized carbons (Fsp3) is 0.417. The Bertz CT molecular complexity index is 434. The van der Waals surface area contributed by atoms with Gasteiger partial charge in [0.15, 0.2) is 0 Å². The molecule has 0 radical (unpaired) electrons. The summed E-state index contributed by atoms with van der Waals surface area (Å²) in [7, 11) is 0. The molecule has 0 aliphatic heterocycles. The van der Waals surface area contributed by atoms with Crippen molar-refractivity contribution in [2.45, 2.75) is 19.9 Å². The highest BCUT2D eigenvalue weighted by Crippen LogP contribution is 2.18. The third-order valence-electron chi connectivity index (χ3n) is 2.53. The van der Waals surface area contributed by atoms with Gasteiger partial charge in [-0.1, -0.05) is 12.1 Å². The number of nitro benzene ring substituents is 1. The summed E-state index contributed by atoms with van der Waals surface area (Å²) in [6, 6.07) is 6.52. The molecule has 1 aromatic rings. The molecular weight excluding hydrogens is 234 g/mol. The summed E-state index contributed by atoms with van der Waals surface area (Å²) in [4.78, 5) is 20.9. The predicted molar refractivity (Wildman–Crippen MR) is 68.2 cm³/mol. The van der Waals surface area contributed by atoms with E-state index in [9.17, 15) is 14.9 Å². The van der Waals surface area contributed by atoms with E-state index in [2.05, 4.69) is 10.6 Å². The van der Waals surface area contributed by atoms with Crippen LogP contribution in [0.1, 0.15) is 25.5 Å². The highest BCUT2D eigenvalue weighted by atomic mass is 16.6. The predicted octanol–water partition coefficient (Wildman–Crippen LogP) is 1.38. The van der Waals surface area contributed by atoms with Gasteiger partial charge in [0.05, 0.1) is 4.92 Å². The van der Waals surface area contributed by atoms with Gasteiger partial charge >= 0.3 is 0 Å². The normalized spacial score (nSPS) is 11.9. The van der Waals surface area contributed by atoms with E-state index >= 15 is 0 Å². The first-order chi connectivity index (χ1) is 8.50. The fourth-order valence-corrected chi connectivity index (χ4v) is 1.55. The van der Waals surface area contributed by atoms with Crippen molar-refractivity contribution in [1.82, 2.24) is 10.6 Å². The van der Waals surface area contributed by atoms with Gasteiger partial charge in [-0.25, -0.2) is 0 Å². The molecule has 0 bridgehead atoms. The minimum Gasteiger partial charge on any atom is -0.355 e. The van der Waals surface area contributed by atoms with Gasteiger partial charge in [0.25, 0.3) is 5.69 Å². The maximum atomic E-state index is 10.7. The third-order valence-corrected chi connectivity index (χ3v) is 2.53. The molecule has 1 amide bonds. The zero-order valence-corrected chi connectivity index (χ0v) is 10.5. The average Bonchev–Trinajstić information content (AvgIpc) is 2.34. The van der Waals surface area contributed by atoms with Gasteiger partial charge in [0, 0.05) is 38.2 Å². The van der Waals surface area contributed by atoms with Crippen LogP contribution in [0.15, 0.2) is 24.3 Å². The molecule has 0 aromatic heterocycles. The molecule has 0 aliphatic rings. The molecule has 0 saturated carbocycles. The maximum Gasteiger partial charge on any atom is 0.269 e. The van der Waals surface area contributed by atoms with Crippen molar-refractivity contribution in [3.8, 4) is 0 Å². The topological polar surface area (TPSA) is 84.3 Å². The van der Waals surface area contributed by atoms with Crippen LogP contribution >= 0.6 is 0 Å². The minimum atomic E-state index is -0.409. The molecule has 0 saturated heterocycles.